The summed E-state index contributed by atoms with van der Waals surface area (Å²) in [5, 5.41) is 0.953. The second-order valence-electron chi connectivity index (χ2n) is 9.51. The van der Waals surface area contributed by atoms with Gasteiger partial charge in [0.05, 0.1) is 32.4 Å². The Morgan fingerprint density at radius 3 is 2.27 bits per heavy atom. The van der Waals surface area contributed by atoms with Crippen LogP contribution in [0.3, 0.4) is 0 Å². The molecule has 0 atom stereocenters. The van der Waals surface area contributed by atoms with E-state index in [2.05, 4.69) is 69.4 Å². The van der Waals surface area contributed by atoms with Gasteiger partial charge >= 0.3 is 0 Å². The molecule has 202 valence electrons. The van der Waals surface area contributed by atoms with Gasteiger partial charge in [-0.15, -0.1) is 0 Å². The largest absolute Gasteiger partial charge is 0.493 e. The molecular formula is C33H32N4O3. The highest BCUT2D eigenvalue weighted by Crippen LogP contribution is 2.39. The number of rotatable bonds is 8. The number of fused-ring (bicyclic) bond motifs is 1. The zero-order valence-electron chi connectivity index (χ0n) is 22.8. The summed E-state index contributed by atoms with van der Waals surface area (Å²) in [6, 6.07) is 31.3. The van der Waals surface area contributed by atoms with Crippen molar-refractivity contribution >= 4 is 33.8 Å². The monoisotopic (exact) mass is 532 g/mol. The Kier molecular flexibility index (Phi) is 7.46. The van der Waals surface area contributed by atoms with Crippen LogP contribution in [0.2, 0.25) is 0 Å². The first-order valence-electron chi connectivity index (χ1n) is 13.6. The molecule has 1 aliphatic rings. The van der Waals surface area contributed by atoms with E-state index in [1.165, 1.54) is 5.69 Å². The fraction of sp³-hybridized carbons (Fsp3) is 0.212. The third-order valence-electron chi connectivity index (χ3n) is 7.12. The molecule has 0 saturated carbocycles. The molecule has 4 aromatic carbocycles. The molecular weight excluding hydrogens is 500 g/mol. The van der Waals surface area contributed by atoms with Crippen LogP contribution in [-0.2, 0) is 4.74 Å². The van der Waals surface area contributed by atoms with Crippen molar-refractivity contribution in [1.29, 1.82) is 0 Å². The average Bonchev–Trinajstić information content (AvgIpc) is 3.03. The van der Waals surface area contributed by atoms with E-state index in [1.807, 2.05) is 43.3 Å². The van der Waals surface area contributed by atoms with Crippen LogP contribution in [0.4, 0.5) is 22.9 Å². The lowest BCUT2D eigenvalue weighted by atomic mass is 10.0. The Balaban J connectivity index is 1.44. The second-order valence-corrected chi connectivity index (χ2v) is 9.51. The Hall–Kier alpha value is -4.62. The summed E-state index contributed by atoms with van der Waals surface area (Å²) >= 11 is 0. The van der Waals surface area contributed by atoms with E-state index in [0.29, 0.717) is 12.4 Å². The number of nitrogens with zero attached hydrogens (tertiary/aromatic N) is 4. The summed E-state index contributed by atoms with van der Waals surface area (Å²) < 4.78 is 16.9. The lowest BCUT2D eigenvalue weighted by molar-refractivity contribution is 0.122. The summed E-state index contributed by atoms with van der Waals surface area (Å²) in [6.45, 7) is 5.86. The van der Waals surface area contributed by atoms with Crippen molar-refractivity contribution in [2.24, 2.45) is 0 Å². The molecule has 0 N–H and O–H groups in total. The van der Waals surface area contributed by atoms with Crippen LogP contribution in [0.1, 0.15) is 6.92 Å². The minimum Gasteiger partial charge on any atom is -0.493 e. The van der Waals surface area contributed by atoms with Crippen molar-refractivity contribution in [2.75, 3.05) is 49.8 Å². The molecule has 0 amide bonds. The molecule has 1 fully saturated rings. The van der Waals surface area contributed by atoms with Gasteiger partial charge in [0.2, 0.25) is 0 Å². The molecule has 1 aromatic heterocycles. The fourth-order valence-electron chi connectivity index (χ4n) is 5.13. The molecule has 0 unspecified atom stereocenters. The number of aromatic nitrogens is 2. The molecule has 7 nitrogen and oxygen atoms in total. The number of benzene rings is 4. The number of hydrogen-bond acceptors (Lipinski definition) is 7. The topological polar surface area (TPSA) is 60.0 Å². The van der Waals surface area contributed by atoms with Crippen molar-refractivity contribution in [1.82, 2.24) is 9.97 Å². The predicted molar refractivity (Wildman–Crippen MR) is 160 cm³/mol. The van der Waals surface area contributed by atoms with Gasteiger partial charge in [-0.3, -0.25) is 4.90 Å². The Morgan fingerprint density at radius 2 is 1.52 bits per heavy atom. The summed E-state index contributed by atoms with van der Waals surface area (Å²) in [4.78, 5) is 14.0. The molecule has 40 heavy (non-hydrogen) atoms. The highest BCUT2D eigenvalue weighted by atomic mass is 16.5. The molecule has 1 aliphatic heterocycles. The maximum absolute atomic E-state index is 5.72. The van der Waals surface area contributed by atoms with Crippen LogP contribution in [0, 0.1) is 0 Å². The van der Waals surface area contributed by atoms with Crippen molar-refractivity contribution < 1.29 is 14.2 Å². The molecule has 7 heteroatoms. The first-order chi connectivity index (χ1) is 19.7. The Labute approximate surface area is 234 Å². The van der Waals surface area contributed by atoms with E-state index in [4.69, 9.17) is 19.2 Å². The molecule has 1 saturated heterocycles. The first-order valence-corrected chi connectivity index (χ1v) is 13.6. The summed E-state index contributed by atoms with van der Waals surface area (Å²) in [5.74, 6) is 2.25. The quantitative estimate of drug-likeness (QED) is 0.213. The highest BCUT2D eigenvalue weighted by Gasteiger charge is 2.19. The average molecular weight is 533 g/mol. The molecule has 2 heterocycles. The Bertz CT molecular complexity index is 1590. The smallest absolute Gasteiger partial charge is 0.161 e. The zero-order valence-corrected chi connectivity index (χ0v) is 22.8. The second kappa shape index (κ2) is 11.6. The molecule has 6 rings (SSSR count). The summed E-state index contributed by atoms with van der Waals surface area (Å²) in [6.07, 6.45) is 1.63. The van der Waals surface area contributed by atoms with Crippen molar-refractivity contribution in [2.45, 2.75) is 6.92 Å². The van der Waals surface area contributed by atoms with Crippen molar-refractivity contribution in [3.8, 4) is 22.6 Å². The molecule has 5 aromatic rings. The summed E-state index contributed by atoms with van der Waals surface area (Å²) in [7, 11) is 1.66. The number of para-hydroxylation sites is 1. The van der Waals surface area contributed by atoms with Gasteiger partial charge in [0.15, 0.2) is 11.5 Å². The van der Waals surface area contributed by atoms with Gasteiger partial charge < -0.3 is 19.1 Å². The van der Waals surface area contributed by atoms with Crippen LogP contribution in [-0.4, -0.2) is 50.0 Å². The van der Waals surface area contributed by atoms with Crippen LogP contribution >= 0.6 is 0 Å². The van der Waals surface area contributed by atoms with E-state index in [9.17, 15) is 0 Å². The number of methoxy groups -OCH3 is 1. The Morgan fingerprint density at radius 1 is 0.800 bits per heavy atom. The normalized spacial score (nSPS) is 13.3. The zero-order chi connectivity index (χ0) is 27.3. The number of ether oxygens (including phenoxy) is 3. The number of hydrogen-bond donors (Lipinski definition) is 0. The minimum atomic E-state index is 0.578. The van der Waals surface area contributed by atoms with Gasteiger partial charge in [-0.2, -0.15) is 0 Å². The first kappa shape index (κ1) is 25.6. The van der Waals surface area contributed by atoms with Gasteiger partial charge in [0.25, 0.3) is 0 Å². The van der Waals surface area contributed by atoms with Gasteiger partial charge in [0.1, 0.15) is 12.1 Å². The lowest BCUT2D eigenvalue weighted by Gasteiger charge is -2.30. The van der Waals surface area contributed by atoms with E-state index < -0.39 is 0 Å². The van der Waals surface area contributed by atoms with Crippen LogP contribution < -0.4 is 19.3 Å². The van der Waals surface area contributed by atoms with Crippen LogP contribution in [0.15, 0.2) is 97.3 Å². The molecule has 0 bridgehead atoms. The lowest BCUT2D eigenvalue weighted by Crippen LogP contribution is -2.36. The van der Waals surface area contributed by atoms with Gasteiger partial charge in [0, 0.05) is 35.5 Å². The fourth-order valence-corrected chi connectivity index (χ4v) is 5.13. The predicted octanol–water partition coefficient (Wildman–Crippen LogP) is 7.01. The van der Waals surface area contributed by atoms with Crippen LogP contribution in [0.5, 0.6) is 11.5 Å². The van der Waals surface area contributed by atoms with Gasteiger partial charge in [-0.1, -0.05) is 30.3 Å². The van der Waals surface area contributed by atoms with E-state index in [1.54, 1.807) is 13.4 Å². The molecule has 0 aliphatic carbocycles. The van der Waals surface area contributed by atoms with Gasteiger partial charge in [-0.05, 0) is 78.7 Å². The van der Waals surface area contributed by atoms with Gasteiger partial charge in [-0.25, -0.2) is 9.97 Å². The minimum absolute atomic E-state index is 0.578. The van der Waals surface area contributed by atoms with Crippen molar-refractivity contribution in [3.05, 3.63) is 97.3 Å². The van der Waals surface area contributed by atoms with Crippen molar-refractivity contribution in [3.63, 3.8) is 0 Å². The maximum Gasteiger partial charge on any atom is 0.161 e. The summed E-state index contributed by atoms with van der Waals surface area (Å²) in [5.41, 5.74) is 6.18. The highest BCUT2D eigenvalue weighted by molar-refractivity contribution is 5.97. The molecule has 0 radical (unpaired) electrons. The number of anilines is 4. The third-order valence-corrected chi connectivity index (χ3v) is 7.12. The van der Waals surface area contributed by atoms with E-state index in [-0.39, 0.29) is 0 Å². The molecule has 0 spiro atoms. The maximum atomic E-state index is 5.72. The third kappa shape index (κ3) is 5.16. The standard InChI is InChI=1S/C33H32N4O3/c1-3-40-31-16-10-25(22-32(31)38-2)24-9-15-30-29(21-24)33(35-23-34-30)37(27-7-5-4-6-8-27)28-13-11-26(12-14-28)36-17-19-39-20-18-36/h4-16,21-23H,3,17-20H2,1-2H3. The SMILES string of the molecule is CCOc1ccc(-c2ccc3ncnc(N(c4ccccc4)c4ccc(N5CCOCC5)cc4)c3c2)cc1OC. The van der Waals surface area contributed by atoms with E-state index in [0.717, 1.165) is 71.3 Å². The van der Waals surface area contributed by atoms with E-state index >= 15 is 0 Å². The number of morpholine rings is 1. The van der Waals surface area contributed by atoms with Crippen LogP contribution in [0.25, 0.3) is 22.0 Å².